The third-order valence-electron chi connectivity index (χ3n) is 8.57. The van der Waals surface area contributed by atoms with Gasteiger partial charge in [0.25, 0.3) is 0 Å². The highest BCUT2D eigenvalue weighted by atomic mass is 35.5. The Labute approximate surface area is 334 Å². The molecule has 0 saturated carbocycles. The van der Waals surface area contributed by atoms with E-state index in [1.807, 2.05) is 121 Å². The van der Waals surface area contributed by atoms with Crippen molar-refractivity contribution >= 4 is 58.7 Å². The maximum Gasteiger partial charge on any atom is 0.417 e. The van der Waals surface area contributed by atoms with Gasteiger partial charge in [0.05, 0.1) is 0 Å². The van der Waals surface area contributed by atoms with E-state index in [9.17, 15) is 9.59 Å². The molecule has 2 heterocycles. The summed E-state index contributed by atoms with van der Waals surface area (Å²) in [5.41, 5.74) is 6.20. The Balaban J connectivity index is 1.09. The minimum absolute atomic E-state index is 0.460. The topological polar surface area (TPSA) is 78.4 Å². The lowest BCUT2D eigenvalue weighted by Gasteiger charge is -2.20. The van der Waals surface area contributed by atoms with Crippen molar-refractivity contribution in [2.75, 3.05) is 11.5 Å². The molecule has 0 spiro atoms. The third kappa shape index (κ3) is 12.2. The molecule has 0 aliphatic carbocycles. The van der Waals surface area contributed by atoms with Gasteiger partial charge < -0.3 is 9.47 Å². The highest BCUT2D eigenvalue weighted by Crippen LogP contribution is 2.29. The smallest absolute Gasteiger partial charge is 0.417 e. The monoisotopic (exact) mass is 792 g/mol. The van der Waals surface area contributed by atoms with Crippen LogP contribution in [-0.2, 0) is 31.9 Å². The van der Waals surface area contributed by atoms with Gasteiger partial charge in [0, 0.05) is 56.1 Å². The first-order chi connectivity index (χ1) is 26.4. The Hall–Kier alpha value is -4.60. The van der Waals surface area contributed by atoms with E-state index in [0.29, 0.717) is 47.2 Å². The Morgan fingerprint density at radius 1 is 0.537 bits per heavy atom. The maximum atomic E-state index is 13.3. The zero-order valence-corrected chi connectivity index (χ0v) is 32.5. The molecule has 0 radical (unpaired) electrons. The number of carbonyl (C=O) groups excluding carboxylic acids is 2. The van der Waals surface area contributed by atoms with E-state index in [1.54, 1.807) is 48.3 Å². The van der Waals surface area contributed by atoms with Crippen LogP contribution < -0.4 is 0 Å². The van der Waals surface area contributed by atoms with Gasteiger partial charge in [0.1, 0.15) is 12.2 Å². The second-order valence-electron chi connectivity index (χ2n) is 12.5. The quantitative estimate of drug-likeness (QED) is 0.0545. The van der Waals surface area contributed by atoms with Gasteiger partial charge in [0.15, 0.2) is 0 Å². The van der Waals surface area contributed by atoms with Crippen molar-refractivity contribution in [3.63, 3.8) is 0 Å². The van der Waals surface area contributed by atoms with Crippen LogP contribution in [0.4, 0.5) is 0 Å². The minimum Gasteiger partial charge on any atom is -0.453 e. The number of esters is 2. The van der Waals surface area contributed by atoms with Crippen LogP contribution in [0, 0.1) is 0 Å². The summed E-state index contributed by atoms with van der Waals surface area (Å²) in [6, 6.07) is 39.5. The number of hydrogen-bond acceptors (Lipinski definition) is 8. The fourth-order valence-electron chi connectivity index (χ4n) is 5.70. The molecule has 6 aromatic rings. The molecule has 4 aromatic carbocycles. The van der Waals surface area contributed by atoms with Crippen LogP contribution in [0.3, 0.4) is 0 Å². The summed E-state index contributed by atoms with van der Waals surface area (Å²) < 4.78 is 11.7. The first-order valence-corrected chi connectivity index (χ1v) is 20.3. The lowest BCUT2D eigenvalue weighted by Crippen LogP contribution is -2.32. The van der Waals surface area contributed by atoms with Crippen LogP contribution in [0.15, 0.2) is 156 Å². The van der Waals surface area contributed by atoms with Gasteiger partial charge in [-0.15, -0.1) is 23.5 Å². The highest BCUT2D eigenvalue weighted by Gasteiger charge is 2.26. The van der Waals surface area contributed by atoms with E-state index in [1.165, 1.54) is 0 Å². The van der Waals surface area contributed by atoms with E-state index >= 15 is 0 Å². The minimum atomic E-state index is -0.995. The molecule has 0 aliphatic rings. The van der Waals surface area contributed by atoms with Crippen molar-refractivity contribution in [3.8, 4) is 22.3 Å². The summed E-state index contributed by atoms with van der Waals surface area (Å²) in [7, 11) is 0. The van der Waals surface area contributed by atoms with Crippen molar-refractivity contribution in [1.29, 1.82) is 0 Å². The molecule has 0 saturated heterocycles. The summed E-state index contributed by atoms with van der Waals surface area (Å²) >= 11 is 15.5. The molecule has 10 heteroatoms. The van der Waals surface area contributed by atoms with Crippen LogP contribution >= 0.6 is 46.7 Å². The molecule has 274 valence electrons. The van der Waals surface area contributed by atoms with E-state index in [2.05, 4.69) is 9.97 Å². The van der Waals surface area contributed by atoms with Crippen LogP contribution in [-0.4, -0.2) is 45.6 Å². The van der Waals surface area contributed by atoms with Crippen LogP contribution in [0.25, 0.3) is 22.3 Å². The Morgan fingerprint density at radius 3 is 1.33 bits per heavy atom. The molecule has 6 rings (SSSR count). The number of rotatable bonds is 16. The molecule has 0 aliphatic heterocycles. The Morgan fingerprint density at radius 2 is 0.963 bits per heavy atom. The van der Waals surface area contributed by atoms with Crippen molar-refractivity contribution in [3.05, 3.63) is 167 Å². The number of halogens is 2. The summed E-state index contributed by atoms with van der Waals surface area (Å²) in [5, 5.41) is 1.36. The summed E-state index contributed by atoms with van der Waals surface area (Å²) in [6.07, 6.45) is 8.26. The molecule has 2 atom stereocenters. The summed E-state index contributed by atoms with van der Waals surface area (Å²) in [6.45, 7) is 0. The lowest BCUT2D eigenvalue weighted by molar-refractivity contribution is -0.173. The van der Waals surface area contributed by atoms with Gasteiger partial charge >= 0.3 is 11.9 Å². The maximum absolute atomic E-state index is 13.3. The second-order valence-corrected chi connectivity index (χ2v) is 15.6. The van der Waals surface area contributed by atoms with Crippen LogP contribution in [0.1, 0.15) is 24.0 Å². The number of hydrogen-bond donors (Lipinski definition) is 0. The van der Waals surface area contributed by atoms with Gasteiger partial charge in [-0.25, -0.2) is 9.59 Å². The van der Waals surface area contributed by atoms with E-state index < -0.39 is 24.1 Å². The standard InChI is InChI=1S/C44H38Cl2N2O4S2/c45-37-9-1-7-35(25-37)33-13-19-41(20-14-33)53-29-39(17-11-31-5-3-23-47-27-31)51-43(49)44(50)52-40(18-12-32-6-4-24-48-28-32)30-54-42-21-15-34(16-22-42)36-8-2-10-38(46)26-36/h1-10,13-16,19-28,39-40H,11-12,17-18,29-30H2/t39-,40-/m1/s1. The molecular weight excluding hydrogens is 756 g/mol. The number of carbonyl (C=O) groups is 2. The number of aryl methyl sites for hydroxylation is 2. The largest absolute Gasteiger partial charge is 0.453 e. The van der Waals surface area contributed by atoms with Crippen LogP contribution in [0.2, 0.25) is 10.0 Å². The highest BCUT2D eigenvalue weighted by molar-refractivity contribution is 7.99. The van der Waals surface area contributed by atoms with Gasteiger partial charge in [-0.1, -0.05) is 83.9 Å². The molecule has 0 amide bonds. The Kier molecular flexibility index (Phi) is 14.6. The van der Waals surface area contributed by atoms with Gasteiger partial charge in [0.2, 0.25) is 0 Å². The van der Waals surface area contributed by atoms with Crippen LogP contribution in [0.5, 0.6) is 0 Å². The Bertz CT molecular complexity index is 1950. The second kappa shape index (κ2) is 20.2. The summed E-state index contributed by atoms with van der Waals surface area (Å²) in [5.74, 6) is -1.07. The zero-order chi connectivity index (χ0) is 37.5. The predicted octanol–water partition coefficient (Wildman–Crippen LogP) is 11.1. The van der Waals surface area contributed by atoms with E-state index in [0.717, 1.165) is 43.2 Å². The fraction of sp³-hybridized carbons (Fsp3) is 0.182. The molecule has 6 nitrogen and oxygen atoms in total. The molecule has 54 heavy (non-hydrogen) atoms. The molecule has 2 aromatic heterocycles. The van der Waals surface area contributed by atoms with E-state index in [4.69, 9.17) is 32.7 Å². The van der Waals surface area contributed by atoms with Crippen molar-refractivity contribution in [2.45, 2.75) is 47.7 Å². The molecule has 0 N–H and O–H groups in total. The molecule has 0 unspecified atom stereocenters. The number of aromatic nitrogens is 2. The molecular formula is C44H38Cl2N2O4S2. The third-order valence-corrected chi connectivity index (χ3v) is 11.3. The van der Waals surface area contributed by atoms with Crippen molar-refractivity contribution < 1.29 is 19.1 Å². The SMILES string of the molecule is O=C(O[C@H](CCc1cccnc1)CSc1ccc(-c2cccc(Cl)c2)cc1)C(=O)O[C@H](CCc1cccnc1)CSc1ccc(-c2cccc(Cl)c2)cc1. The molecule has 0 bridgehead atoms. The number of ether oxygens (including phenoxy) is 2. The zero-order valence-electron chi connectivity index (χ0n) is 29.4. The first-order valence-electron chi connectivity index (χ1n) is 17.5. The predicted molar refractivity (Wildman–Crippen MR) is 220 cm³/mol. The first kappa shape index (κ1) is 39.1. The normalized spacial score (nSPS) is 12.1. The fourth-order valence-corrected chi connectivity index (χ4v) is 7.96. The average Bonchev–Trinajstić information content (AvgIpc) is 3.21. The number of benzene rings is 4. The van der Waals surface area contributed by atoms with Crippen molar-refractivity contribution in [1.82, 2.24) is 9.97 Å². The summed E-state index contributed by atoms with van der Waals surface area (Å²) in [4.78, 5) is 37.1. The molecule has 0 fully saturated rings. The van der Waals surface area contributed by atoms with E-state index in [-0.39, 0.29) is 0 Å². The number of thioether (sulfide) groups is 2. The lowest BCUT2D eigenvalue weighted by atomic mass is 10.1. The van der Waals surface area contributed by atoms with Crippen molar-refractivity contribution in [2.24, 2.45) is 0 Å². The van der Waals surface area contributed by atoms with Gasteiger partial charge in [-0.3, -0.25) is 9.97 Å². The average molecular weight is 794 g/mol. The van der Waals surface area contributed by atoms with Gasteiger partial charge in [-0.05, 0) is 120 Å². The number of nitrogens with zero attached hydrogens (tertiary/aromatic N) is 2. The van der Waals surface area contributed by atoms with Gasteiger partial charge in [-0.2, -0.15) is 0 Å². The number of pyridine rings is 2.